The summed E-state index contributed by atoms with van der Waals surface area (Å²) in [6, 6.07) is 0.128. The molecule has 1 heterocycles. The number of rotatable bonds is 3. The predicted octanol–water partition coefficient (Wildman–Crippen LogP) is 1.11. The standard InChI is InChI=1S/C10H19NO2/c1-7(2)5-9(12)10-4-3-8(11)6-13-10/h7-8,10H,3-6,11H2,1-2H3/t8-,10+/m1/s1. The van der Waals surface area contributed by atoms with Crippen LogP contribution < -0.4 is 5.73 Å². The molecule has 1 saturated heterocycles. The monoisotopic (exact) mass is 185 g/mol. The van der Waals surface area contributed by atoms with Crippen molar-refractivity contribution in [1.82, 2.24) is 0 Å². The Morgan fingerprint density at radius 2 is 2.23 bits per heavy atom. The van der Waals surface area contributed by atoms with Crippen LogP contribution in [0.5, 0.6) is 0 Å². The third kappa shape index (κ3) is 3.44. The van der Waals surface area contributed by atoms with Gasteiger partial charge in [-0.2, -0.15) is 0 Å². The van der Waals surface area contributed by atoms with Crippen LogP contribution in [0.2, 0.25) is 0 Å². The highest BCUT2D eigenvalue weighted by Crippen LogP contribution is 2.16. The fourth-order valence-electron chi connectivity index (χ4n) is 1.56. The van der Waals surface area contributed by atoms with Crippen molar-refractivity contribution < 1.29 is 9.53 Å². The van der Waals surface area contributed by atoms with Crippen molar-refractivity contribution in [3.63, 3.8) is 0 Å². The highest BCUT2D eigenvalue weighted by Gasteiger charge is 2.25. The van der Waals surface area contributed by atoms with E-state index < -0.39 is 0 Å². The minimum Gasteiger partial charge on any atom is -0.369 e. The van der Waals surface area contributed by atoms with Crippen molar-refractivity contribution in [2.75, 3.05) is 6.61 Å². The fraction of sp³-hybridized carbons (Fsp3) is 0.900. The van der Waals surface area contributed by atoms with Gasteiger partial charge in [0.1, 0.15) is 6.10 Å². The molecule has 0 aromatic carbocycles. The Hall–Kier alpha value is -0.410. The molecule has 0 saturated carbocycles. The lowest BCUT2D eigenvalue weighted by atomic mass is 9.97. The molecule has 0 radical (unpaired) electrons. The van der Waals surface area contributed by atoms with E-state index in [0.717, 1.165) is 12.8 Å². The van der Waals surface area contributed by atoms with Crippen LogP contribution >= 0.6 is 0 Å². The highest BCUT2D eigenvalue weighted by molar-refractivity contribution is 5.83. The molecule has 0 spiro atoms. The van der Waals surface area contributed by atoms with Gasteiger partial charge in [-0.05, 0) is 18.8 Å². The van der Waals surface area contributed by atoms with Crippen LogP contribution in [0.1, 0.15) is 33.1 Å². The van der Waals surface area contributed by atoms with E-state index in [0.29, 0.717) is 18.9 Å². The molecule has 1 aliphatic heterocycles. The Morgan fingerprint density at radius 1 is 1.54 bits per heavy atom. The van der Waals surface area contributed by atoms with E-state index in [9.17, 15) is 4.79 Å². The van der Waals surface area contributed by atoms with E-state index in [1.54, 1.807) is 0 Å². The molecule has 1 fully saturated rings. The van der Waals surface area contributed by atoms with Gasteiger partial charge >= 0.3 is 0 Å². The van der Waals surface area contributed by atoms with Crippen LogP contribution in [0.25, 0.3) is 0 Å². The van der Waals surface area contributed by atoms with E-state index in [4.69, 9.17) is 10.5 Å². The smallest absolute Gasteiger partial charge is 0.161 e. The van der Waals surface area contributed by atoms with Crippen molar-refractivity contribution in [1.29, 1.82) is 0 Å². The maximum atomic E-state index is 11.5. The molecule has 0 amide bonds. The Balaban J connectivity index is 2.31. The number of Topliss-reactive ketones (excluding diaryl/α,β-unsaturated/α-hetero) is 1. The minimum atomic E-state index is -0.179. The third-order valence-electron chi connectivity index (χ3n) is 2.28. The number of hydrogen-bond donors (Lipinski definition) is 1. The first-order chi connectivity index (χ1) is 6.09. The molecule has 2 N–H and O–H groups in total. The summed E-state index contributed by atoms with van der Waals surface area (Å²) in [7, 11) is 0. The summed E-state index contributed by atoms with van der Waals surface area (Å²) in [5.41, 5.74) is 5.66. The van der Waals surface area contributed by atoms with E-state index in [1.165, 1.54) is 0 Å². The zero-order chi connectivity index (χ0) is 9.84. The van der Waals surface area contributed by atoms with Gasteiger partial charge in [0.25, 0.3) is 0 Å². The quantitative estimate of drug-likeness (QED) is 0.716. The fourth-order valence-corrected chi connectivity index (χ4v) is 1.56. The number of carbonyl (C=O) groups excluding carboxylic acids is 1. The first-order valence-electron chi connectivity index (χ1n) is 4.99. The van der Waals surface area contributed by atoms with Crippen molar-refractivity contribution in [2.24, 2.45) is 11.7 Å². The molecule has 0 aliphatic carbocycles. The van der Waals surface area contributed by atoms with E-state index in [2.05, 4.69) is 0 Å². The zero-order valence-corrected chi connectivity index (χ0v) is 8.45. The van der Waals surface area contributed by atoms with Crippen molar-refractivity contribution in [2.45, 2.75) is 45.3 Å². The Labute approximate surface area is 79.6 Å². The molecule has 0 aromatic rings. The van der Waals surface area contributed by atoms with E-state index in [1.807, 2.05) is 13.8 Å². The van der Waals surface area contributed by atoms with Crippen LogP contribution in [0, 0.1) is 5.92 Å². The van der Waals surface area contributed by atoms with Crippen LogP contribution in [0.4, 0.5) is 0 Å². The van der Waals surface area contributed by atoms with Crippen molar-refractivity contribution >= 4 is 5.78 Å². The van der Waals surface area contributed by atoms with Gasteiger partial charge in [0.2, 0.25) is 0 Å². The number of ketones is 1. The van der Waals surface area contributed by atoms with Gasteiger partial charge in [0.15, 0.2) is 5.78 Å². The SMILES string of the molecule is CC(C)CC(=O)[C@@H]1CC[C@@H](N)CO1. The molecule has 2 atom stereocenters. The molecule has 0 bridgehead atoms. The van der Waals surface area contributed by atoms with Crippen LogP contribution in [0.3, 0.4) is 0 Å². The lowest BCUT2D eigenvalue weighted by Crippen LogP contribution is -2.39. The molecule has 3 heteroatoms. The Bertz CT molecular complexity index is 172. The number of carbonyl (C=O) groups is 1. The maximum Gasteiger partial charge on any atom is 0.161 e. The summed E-state index contributed by atoms with van der Waals surface area (Å²) in [6.45, 7) is 4.63. The topological polar surface area (TPSA) is 52.3 Å². The lowest BCUT2D eigenvalue weighted by Gasteiger charge is -2.26. The second-order valence-electron chi connectivity index (χ2n) is 4.22. The number of ether oxygens (including phenoxy) is 1. The second-order valence-corrected chi connectivity index (χ2v) is 4.22. The lowest BCUT2D eigenvalue weighted by molar-refractivity contribution is -0.134. The minimum absolute atomic E-state index is 0.128. The van der Waals surface area contributed by atoms with Gasteiger partial charge in [-0.15, -0.1) is 0 Å². The van der Waals surface area contributed by atoms with Gasteiger partial charge in [0.05, 0.1) is 6.61 Å². The Kier molecular flexibility index (Phi) is 3.88. The molecule has 1 rings (SSSR count). The summed E-state index contributed by atoms with van der Waals surface area (Å²) in [5.74, 6) is 0.661. The van der Waals surface area contributed by atoms with Gasteiger partial charge < -0.3 is 10.5 Å². The molecule has 3 nitrogen and oxygen atoms in total. The van der Waals surface area contributed by atoms with Gasteiger partial charge in [-0.1, -0.05) is 13.8 Å². The summed E-state index contributed by atoms with van der Waals surface area (Å²) >= 11 is 0. The average molecular weight is 185 g/mol. The van der Waals surface area contributed by atoms with Crippen LogP contribution in [0.15, 0.2) is 0 Å². The van der Waals surface area contributed by atoms with Crippen LogP contribution in [-0.4, -0.2) is 24.5 Å². The average Bonchev–Trinajstić information content (AvgIpc) is 2.04. The second kappa shape index (κ2) is 4.72. The molecule has 13 heavy (non-hydrogen) atoms. The summed E-state index contributed by atoms with van der Waals surface area (Å²) < 4.78 is 5.38. The number of hydrogen-bond acceptors (Lipinski definition) is 3. The molecule has 0 unspecified atom stereocenters. The Morgan fingerprint density at radius 3 is 2.69 bits per heavy atom. The molecule has 76 valence electrons. The molecular formula is C10H19NO2. The summed E-state index contributed by atoms with van der Waals surface area (Å²) in [4.78, 5) is 11.5. The highest BCUT2D eigenvalue weighted by atomic mass is 16.5. The van der Waals surface area contributed by atoms with Crippen molar-refractivity contribution in [3.05, 3.63) is 0 Å². The van der Waals surface area contributed by atoms with Crippen molar-refractivity contribution in [3.8, 4) is 0 Å². The van der Waals surface area contributed by atoms with E-state index >= 15 is 0 Å². The molecule has 0 aromatic heterocycles. The van der Waals surface area contributed by atoms with Gasteiger partial charge in [0, 0.05) is 12.5 Å². The number of nitrogens with two attached hydrogens (primary N) is 1. The first-order valence-corrected chi connectivity index (χ1v) is 4.99. The van der Waals surface area contributed by atoms with E-state index in [-0.39, 0.29) is 17.9 Å². The largest absolute Gasteiger partial charge is 0.369 e. The zero-order valence-electron chi connectivity index (χ0n) is 8.45. The summed E-state index contributed by atoms with van der Waals surface area (Å²) in [5, 5.41) is 0. The van der Waals surface area contributed by atoms with Gasteiger partial charge in [-0.25, -0.2) is 0 Å². The normalized spacial score (nSPS) is 29.2. The third-order valence-corrected chi connectivity index (χ3v) is 2.28. The first kappa shape index (κ1) is 10.7. The molecule has 1 aliphatic rings. The van der Waals surface area contributed by atoms with Gasteiger partial charge in [-0.3, -0.25) is 4.79 Å². The van der Waals surface area contributed by atoms with Crippen LogP contribution in [-0.2, 0) is 9.53 Å². The summed E-state index contributed by atoms with van der Waals surface area (Å²) in [6.07, 6.45) is 2.16. The predicted molar refractivity (Wildman–Crippen MR) is 51.4 cm³/mol. The molecular weight excluding hydrogens is 166 g/mol. The maximum absolute atomic E-state index is 11.5.